The number of carbonyl (C=O) groups is 2. The molecule has 0 saturated heterocycles. The van der Waals surface area contributed by atoms with Crippen molar-refractivity contribution in [2.45, 2.75) is 64.9 Å². The van der Waals surface area contributed by atoms with Crippen molar-refractivity contribution in [3.63, 3.8) is 0 Å². The molecule has 2 aliphatic rings. The van der Waals surface area contributed by atoms with Gasteiger partial charge in [-0.15, -0.1) is 0 Å². The number of carbonyl (C=O) groups excluding carboxylic acids is 2. The lowest BCUT2D eigenvalue weighted by Crippen LogP contribution is -2.46. The number of rotatable bonds is 5. The Morgan fingerprint density at radius 3 is 2.59 bits per heavy atom. The van der Waals surface area contributed by atoms with Gasteiger partial charge in [0.25, 0.3) is 0 Å². The fourth-order valence-corrected chi connectivity index (χ4v) is 4.33. The lowest BCUT2D eigenvalue weighted by molar-refractivity contribution is -0.126. The smallest absolute Gasteiger partial charge is 0.227 e. The third kappa shape index (κ3) is 5.50. The van der Waals surface area contributed by atoms with E-state index in [4.69, 9.17) is 4.74 Å². The van der Waals surface area contributed by atoms with Crippen LogP contribution in [0.4, 0.5) is 5.69 Å². The number of aliphatic hydroxyl groups is 1. The quantitative estimate of drug-likeness (QED) is 0.792. The largest absolute Gasteiger partial charge is 0.490 e. The molecule has 0 unspecified atom stereocenters. The zero-order valence-corrected chi connectivity index (χ0v) is 17.9. The van der Waals surface area contributed by atoms with E-state index in [0.717, 1.165) is 18.5 Å². The maximum absolute atomic E-state index is 12.6. The fraction of sp³-hybridized carbons (Fsp3) is 0.652. The molecule has 1 heterocycles. The number of amides is 2. The zero-order chi connectivity index (χ0) is 21.1. The van der Waals surface area contributed by atoms with Gasteiger partial charge < -0.3 is 20.1 Å². The van der Waals surface area contributed by atoms with Crippen molar-refractivity contribution in [3.8, 4) is 5.75 Å². The first-order valence-electron chi connectivity index (χ1n) is 10.7. The van der Waals surface area contributed by atoms with Crippen LogP contribution in [0.15, 0.2) is 24.3 Å². The maximum atomic E-state index is 12.6. The second-order valence-electron chi connectivity index (χ2n) is 9.50. The Labute approximate surface area is 173 Å². The van der Waals surface area contributed by atoms with Gasteiger partial charge in [0.1, 0.15) is 12.4 Å². The summed E-state index contributed by atoms with van der Waals surface area (Å²) in [6.07, 6.45) is 3.64. The number of fused-ring (bicyclic) bond motifs is 1. The molecule has 0 radical (unpaired) electrons. The second-order valence-corrected chi connectivity index (χ2v) is 9.50. The molecule has 1 aromatic carbocycles. The summed E-state index contributed by atoms with van der Waals surface area (Å²) in [7, 11) is 0. The van der Waals surface area contributed by atoms with E-state index in [2.05, 4.69) is 26.1 Å². The number of hydrogen-bond donors (Lipinski definition) is 2. The van der Waals surface area contributed by atoms with Crippen molar-refractivity contribution < 1.29 is 19.4 Å². The summed E-state index contributed by atoms with van der Waals surface area (Å²) in [5.41, 5.74) is 0.183. The molecule has 2 amide bonds. The summed E-state index contributed by atoms with van der Waals surface area (Å²) in [5, 5.41) is 13.6. The monoisotopic (exact) mass is 402 g/mol. The minimum atomic E-state index is -0.829. The van der Waals surface area contributed by atoms with E-state index >= 15 is 0 Å². The van der Waals surface area contributed by atoms with Crippen LogP contribution in [-0.2, 0) is 9.59 Å². The van der Waals surface area contributed by atoms with E-state index in [0.29, 0.717) is 37.7 Å². The minimum absolute atomic E-state index is 0.0831. The normalized spacial score (nSPS) is 24.4. The van der Waals surface area contributed by atoms with Crippen molar-refractivity contribution >= 4 is 17.5 Å². The van der Waals surface area contributed by atoms with Gasteiger partial charge in [-0.3, -0.25) is 9.59 Å². The van der Waals surface area contributed by atoms with Crippen molar-refractivity contribution in [1.82, 2.24) is 5.32 Å². The Morgan fingerprint density at radius 1 is 1.21 bits per heavy atom. The molecular weight excluding hydrogens is 368 g/mol. The molecule has 1 saturated carbocycles. The van der Waals surface area contributed by atoms with Gasteiger partial charge in [-0.05, 0) is 49.1 Å². The van der Waals surface area contributed by atoms with Crippen LogP contribution in [-0.4, -0.2) is 42.2 Å². The Morgan fingerprint density at radius 2 is 1.90 bits per heavy atom. The Balaban J connectivity index is 1.43. The lowest BCUT2D eigenvalue weighted by Gasteiger charge is -2.41. The SMILES string of the molecule is CC(C)(C)C1CCC(O)(CNC(=O)CCC(=O)N2CCOc3ccccc32)CC1. The first kappa shape index (κ1) is 21.6. The molecule has 6 heteroatoms. The highest BCUT2D eigenvalue weighted by molar-refractivity contribution is 5.97. The third-order valence-corrected chi connectivity index (χ3v) is 6.35. The summed E-state index contributed by atoms with van der Waals surface area (Å²) in [5.74, 6) is 1.03. The van der Waals surface area contributed by atoms with Crippen LogP contribution in [0.3, 0.4) is 0 Å². The van der Waals surface area contributed by atoms with Gasteiger partial charge in [-0.25, -0.2) is 0 Å². The van der Waals surface area contributed by atoms with Gasteiger partial charge in [-0.2, -0.15) is 0 Å². The summed E-state index contributed by atoms with van der Waals surface area (Å²) in [6, 6.07) is 7.45. The van der Waals surface area contributed by atoms with Crippen LogP contribution >= 0.6 is 0 Å². The molecule has 160 valence electrons. The van der Waals surface area contributed by atoms with Crippen molar-refractivity contribution in [2.24, 2.45) is 11.3 Å². The molecule has 1 fully saturated rings. The minimum Gasteiger partial charge on any atom is -0.490 e. The highest BCUT2D eigenvalue weighted by atomic mass is 16.5. The van der Waals surface area contributed by atoms with Crippen LogP contribution in [0.5, 0.6) is 5.75 Å². The van der Waals surface area contributed by atoms with E-state index in [1.165, 1.54) is 0 Å². The van der Waals surface area contributed by atoms with Gasteiger partial charge in [-0.1, -0.05) is 32.9 Å². The van der Waals surface area contributed by atoms with Gasteiger partial charge >= 0.3 is 0 Å². The first-order valence-corrected chi connectivity index (χ1v) is 10.7. The average molecular weight is 403 g/mol. The molecule has 0 spiro atoms. The van der Waals surface area contributed by atoms with Gasteiger partial charge in [0, 0.05) is 19.4 Å². The Hall–Kier alpha value is -2.08. The van der Waals surface area contributed by atoms with Crippen LogP contribution in [0.2, 0.25) is 0 Å². The molecule has 1 aliphatic heterocycles. The molecule has 29 heavy (non-hydrogen) atoms. The zero-order valence-electron chi connectivity index (χ0n) is 17.9. The summed E-state index contributed by atoms with van der Waals surface area (Å²) < 4.78 is 5.57. The number of ether oxygens (including phenoxy) is 1. The van der Waals surface area contributed by atoms with Crippen LogP contribution in [0.25, 0.3) is 0 Å². The van der Waals surface area contributed by atoms with E-state index in [1.54, 1.807) is 4.90 Å². The number of nitrogens with zero attached hydrogens (tertiary/aromatic N) is 1. The van der Waals surface area contributed by atoms with Crippen LogP contribution in [0, 0.1) is 11.3 Å². The lowest BCUT2D eigenvalue weighted by atomic mass is 9.68. The Bertz CT molecular complexity index is 733. The molecule has 3 rings (SSSR count). The van der Waals surface area contributed by atoms with Crippen LogP contribution < -0.4 is 15.0 Å². The van der Waals surface area contributed by atoms with Gasteiger partial charge in [0.2, 0.25) is 11.8 Å². The first-order chi connectivity index (χ1) is 13.7. The topological polar surface area (TPSA) is 78.9 Å². The number of benzene rings is 1. The van der Waals surface area contributed by atoms with Crippen molar-refractivity contribution in [2.75, 3.05) is 24.6 Å². The van der Waals surface area contributed by atoms with E-state index in [-0.39, 0.29) is 36.6 Å². The molecule has 0 atom stereocenters. The molecular formula is C23H34N2O4. The number of anilines is 1. The molecule has 1 aromatic rings. The van der Waals surface area contributed by atoms with Crippen LogP contribution in [0.1, 0.15) is 59.3 Å². The van der Waals surface area contributed by atoms with E-state index in [9.17, 15) is 14.7 Å². The number of para-hydroxylation sites is 2. The number of nitrogens with one attached hydrogen (secondary N) is 1. The van der Waals surface area contributed by atoms with E-state index in [1.807, 2.05) is 24.3 Å². The molecule has 1 aliphatic carbocycles. The van der Waals surface area contributed by atoms with Gasteiger partial charge in [0.05, 0.1) is 17.8 Å². The average Bonchev–Trinajstić information content (AvgIpc) is 2.69. The maximum Gasteiger partial charge on any atom is 0.227 e. The summed E-state index contributed by atoms with van der Waals surface area (Å²) in [6.45, 7) is 7.94. The highest BCUT2D eigenvalue weighted by Crippen LogP contribution is 2.41. The molecule has 6 nitrogen and oxygen atoms in total. The Kier molecular flexibility index (Phi) is 6.52. The predicted octanol–water partition coefficient (Wildman–Crippen LogP) is 3.28. The molecule has 0 aromatic heterocycles. The molecule has 0 bridgehead atoms. The summed E-state index contributed by atoms with van der Waals surface area (Å²) >= 11 is 0. The van der Waals surface area contributed by atoms with Gasteiger partial charge in [0.15, 0.2) is 0 Å². The molecule has 2 N–H and O–H groups in total. The second kappa shape index (κ2) is 8.74. The third-order valence-electron chi connectivity index (χ3n) is 6.35. The van der Waals surface area contributed by atoms with Crippen molar-refractivity contribution in [3.05, 3.63) is 24.3 Å². The van der Waals surface area contributed by atoms with Crippen molar-refractivity contribution in [1.29, 1.82) is 0 Å². The highest BCUT2D eigenvalue weighted by Gasteiger charge is 2.37. The number of hydrogen-bond acceptors (Lipinski definition) is 4. The summed E-state index contributed by atoms with van der Waals surface area (Å²) in [4.78, 5) is 26.6. The fourth-order valence-electron chi connectivity index (χ4n) is 4.33. The standard InChI is InChI=1S/C23H34N2O4/c1-22(2,3)17-10-12-23(28,13-11-17)16-24-20(26)8-9-21(27)25-14-15-29-19-7-5-4-6-18(19)25/h4-7,17,28H,8-16H2,1-3H3,(H,24,26). The predicted molar refractivity (Wildman–Crippen MR) is 113 cm³/mol. The van der Waals surface area contributed by atoms with E-state index < -0.39 is 5.60 Å².